The van der Waals surface area contributed by atoms with Crippen molar-refractivity contribution in [2.45, 2.75) is 38.2 Å². The van der Waals surface area contributed by atoms with Gasteiger partial charge in [0, 0.05) is 18.4 Å². The zero-order chi connectivity index (χ0) is 27.4. The number of hydrogen-bond acceptors (Lipinski definition) is 6. The number of amides is 2. The summed E-state index contributed by atoms with van der Waals surface area (Å²) >= 11 is 5.81. The Morgan fingerprint density at radius 1 is 1.24 bits per heavy atom. The van der Waals surface area contributed by atoms with Crippen LogP contribution in [0.15, 0.2) is 36.5 Å². The predicted octanol–water partition coefficient (Wildman–Crippen LogP) is 6.04. The molecule has 0 radical (unpaired) electrons. The zero-order valence-corrected chi connectivity index (χ0v) is 21.1. The lowest BCUT2D eigenvalue weighted by molar-refractivity contribution is -0.139. The van der Waals surface area contributed by atoms with E-state index in [9.17, 15) is 22.4 Å². The summed E-state index contributed by atoms with van der Waals surface area (Å²) in [5.41, 5.74) is -1.32. The summed E-state index contributed by atoms with van der Waals surface area (Å²) in [4.78, 5) is 18.4. The van der Waals surface area contributed by atoms with Crippen LogP contribution in [0.2, 0.25) is 5.02 Å². The monoisotopic (exact) mass is 557 g/mol. The second-order valence-corrected chi connectivity index (χ2v) is 8.71. The topological polar surface area (TPSA) is 90.7 Å². The van der Waals surface area contributed by atoms with E-state index >= 15 is 0 Å². The molecule has 2 amide bonds. The Morgan fingerprint density at radius 3 is 2.61 bits per heavy atom. The maximum absolute atomic E-state index is 14.3. The molecular weight excluding hydrogens is 534 g/mol. The molecule has 4 rings (SSSR count). The zero-order valence-electron chi connectivity index (χ0n) is 20.4. The molecule has 0 saturated carbocycles. The van der Waals surface area contributed by atoms with Crippen molar-refractivity contribution in [3.05, 3.63) is 58.6 Å². The average Bonchev–Trinajstić information content (AvgIpc) is 3.29. The maximum atomic E-state index is 14.3. The van der Waals surface area contributed by atoms with Crippen molar-refractivity contribution in [1.29, 1.82) is 0 Å². The first-order chi connectivity index (χ1) is 18.1. The highest BCUT2D eigenvalue weighted by molar-refractivity contribution is 6.31. The first-order valence-electron chi connectivity index (χ1n) is 11.5. The summed E-state index contributed by atoms with van der Waals surface area (Å²) in [5, 5.41) is 6.47. The number of anilines is 2. The third kappa shape index (κ3) is 5.94. The minimum Gasteiger partial charge on any atom is -0.481 e. The van der Waals surface area contributed by atoms with Gasteiger partial charge in [-0.25, -0.2) is 18.9 Å². The number of nitrogens with one attached hydrogen (secondary N) is 1. The fraction of sp³-hybridized carbons (Fsp3) is 0.375. The fourth-order valence-electron chi connectivity index (χ4n) is 4.01. The van der Waals surface area contributed by atoms with E-state index in [1.165, 1.54) is 37.6 Å². The molecule has 1 aromatic carbocycles. The van der Waals surface area contributed by atoms with Crippen LogP contribution in [0.1, 0.15) is 36.7 Å². The molecule has 204 valence electrons. The van der Waals surface area contributed by atoms with E-state index in [0.717, 1.165) is 35.6 Å². The van der Waals surface area contributed by atoms with E-state index < -0.39 is 47.9 Å². The Balaban J connectivity index is 1.75. The molecule has 0 spiro atoms. The van der Waals surface area contributed by atoms with Crippen molar-refractivity contribution in [3.63, 3.8) is 0 Å². The molecule has 1 unspecified atom stereocenters. The Hall–Kier alpha value is -3.58. The number of hydrogen-bond donors (Lipinski definition) is 1. The van der Waals surface area contributed by atoms with Gasteiger partial charge in [-0.2, -0.15) is 18.3 Å². The van der Waals surface area contributed by atoms with Crippen LogP contribution in [0.4, 0.5) is 33.7 Å². The molecule has 14 heteroatoms. The SMILES string of the molecule is COc1ccc(N(Cc2nn(C3CCCCO3)c(OC)c2C(F)(F)F)C(=O)Nc2ccc(F)c(Cl)c2)cn1. The van der Waals surface area contributed by atoms with Crippen LogP contribution in [0, 0.1) is 5.82 Å². The lowest BCUT2D eigenvalue weighted by Crippen LogP contribution is -2.35. The molecule has 1 N–H and O–H groups in total. The molecule has 3 aromatic rings. The van der Waals surface area contributed by atoms with Gasteiger partial charge in [-0.3, -0.25) is 4.90 Å². The normalized spacial score (nSPS) is 15.7. The maximum Gasteiger partial charge on any atom is 0.423 e. The standard InChI is InChI=1S/C24H24ClF4N5O4/c1-36-19-9-7-15(12-30-19)33(23(35)31-14-6-8-17(26)16(25)11-14)13-18-21(24(27,28)29)22(37-2)34(32-18)20-5-3-4-10-38-20/h6-9,11-12,20H,3-5,10,13H2,1-2H3,(H,31,35). The number of carbonyl (C=O) groups is 1. The van der Waals surface area contributed by atoms with E-state index in [4.69, 9.17) is 25.8 Å². The van der Waals surface area contributed by atoms with Crippen molar-refractivity contribution in [2.75, 3.05) is 31.0 Å². The molecule has 3 heterocycles. The van der Waals surface area contributed by atoms with Gasteiger partial charge < -0.3 is 19.5 Å². The van der Waals surface area contributed by atoms with Gasteiger partial charge in [-0.05, 0) is 43.5 Å². The third-order valence-corrected chi connectivity index (χ3v) is 6.10. The molecule has 0 aliphatic carbocycles. The lowest BCUT2D eigenvalue weighted by Gasteiger charge is -2.24. The minimum absolute atomic E-state index is 0.127. The van der Waals surface area contributed by atoms with Gasteiger partial charge in [0.05, 0.1) is 43.4 Å². The van der Waals surface area contributed by atoms with Crippen molar-refractivity contribution < 1.29 is 36.6 Å². The average molecular weight is 558 g/mol. The second-order valence-electron chi connectivity index (χ2n) is 8.30. The highest BCUT2D eigenvalue weighted by Crippen LogP contribution is 2.42. The number of halogens is 5. The number of aromatic nitrogens is 3. The largest absolute Gasteiger partial charge is 0.481 e. The summed E-state index contributed by atoms with van der Waals surface area (Å²) in [6.45, 7) is -0.240. The van der Waals surface area contributed by atoms with Crippen LogP contribution >= 0.6 is 11.6 Å². The number of ether oxygens (including phenoxy) is 3. The summed E-state index contributed by atoms with van der Waals surface area (Å²) in [5.74, 6) is -0.980. The second kappa shape index (κ2) is 11.4. The van der Waals surface area contributed by atoms with Crippen LogP contribution in [0.3, 0.4) is 0 Å². The Morgan fingerprint density at radius 2 is 2.03 bits per heavy atom. The number of urea groups is 1. The number of alkyl halides is 3. The van der Waals surface area contributed by atoms with Crippen LogP contribution in [0.25, 0.3) is 0 Å². The number of benzene rings is 1. The van der Waals surface area contributed by atoms with Gasteiger partial charge >= 0.3 is 12.2 Å². The number of nitrogens with zero attached hydrogens (tertiary/aromatic N) is 4. The van der Waals surface area contributed by atoms with Gasteiger partial charge in [0.15, 0.2) is 6.23 Å². The molecule has 1 saturated heterocycles. The van der Waals surface area contributed by atoms with E-state index in [-0.39, 0.29) is 22.3 Å². The number of carbonyl (C=O) groups excluding carboxylic acids is 1. The molecule has 0 bridgehead atoms. The van der Waals surface area contributed by atoms with Crippen molar-refractivity contribution in [3.8, 4) is 11.8 Å². The van der Waals surface area contributed by atoms with Crippen LogP contribution in [-0.4, -0.2) is 41.6 Å². The van der Waals surface area contributed by atoms with Crippen LogP contribution < -0.4 is 19.7 Å². The predicted molar refractivity (Wildman–Crippen MR) is 130 cm³/mol. The number of pyridine rings is 1. The Bertz CT molecular complexity index is 1280. The summed E-state index contributed by atoms with van der Waals surface area (Å²) in [7, 11) is 2.51. The van der Waals surface area contributed by atoms with E-state index in [1.807, 2.05) is 0 Å². The summed E-state index contributed by atoms with van der Waals surface area (Å²) in [6, 6.07) is 5.56. The van der Waals surface area contributed by atoms with Crippen LogP contribution in [0.5, 0.6) is 11.8 Å². The first-order valence-corrected chi connectivity index (χ1v) is 11.9. The van der Waals surface area contributed by atoms with Gasteiger partial charge in [-0.1, -0.05) is 11.6 Å². The molecule has 1 atom stereocenters. The van der Waals surface area contributed by atoms with E-state index in [1.54, 1.807) is 0 Å². The molecule has 2 aromatic heterocycles. The van der Waals surface area contributed by atoms with Crippen molar-refractivity contribution in [2.24, 2.45) is 0 Å². The smallest absolute Gasteiger partial charge is 0.423 e. The van der Waals surface area contributed by atoms with Crippen LogP contribution in [-0.2, 0) is 17.5 Å². The molecule has 1 fully saturated rings. The minimum atomic E-state index is -4.85. The number of methoxy groups -OCH3 is 2. The molecule has 38 heavy (non-hydrogen) atoms. The third-order valence-electron chi connectivity index (χ3n) is 5.81. The lowest BCUT2D eigenvalue weighted by atomic mass is 10.2. The van der Waals surface area contributed by atoms with Crippen molar-refractivity contribution in [1.82, 2.24) is 14.8 Å². The van der Waals surface area contributed by atoms with E-state index in [2.05, 4.69) is 15.4 Å². The molecule has 9 nitrogen and oxygen atoms in total. The highest BCUT2D eigenvalue weighted by Gasteiger charge is 2.43. The van der Waals surface area contributed by atoms with Gasteiger partial charge in [0.25, 0.3) is 0 Å². The Labute approximate surface area is 220 Å². The highest BCUT2D eigenvalue weighted by atomic mass is 35.5. The quantitative estimate of drug-likeness (QED) is 0.356. The molecule has 1 aliphatic rings. The molecule has 1 aliphatic heterocycles. The van der Waals surface area contributed by atoms with Gasteiger partial charge in [-0.15, -0.1) is 0 Å². The first kappa shape index (κ1) is 27.5. The molecular formula is C24H24ClF4N5O4. The van der Waals surface area contributed by atoms with E-state index in [0.29, 0.717) is 13.0 Å². The number of rotatable bonds is 7. The summed E-state index contributed by atoms with van der Waals surface area (Å²) < 4.78 is 73.3. The van der Waals surface area contributed by atoms with Crippen molar-refractivity contribution >= 4 is 29.0 Å². The van der Waals surface area contributed by atoms with Gasteiger partial charge in [0.1, 0.15) is 11.4 Å². The fourth-order valence-corrected chi connectivity index (χ4v) is 4.19. The Kier molecular flexibility index (Phi) is 8.26. The summed E-state index contributed by atoms with van der Waals surface area (Å²) in [6.07, 6.45) is -2.35. The van der Waals surface area contributed by atoms with Gasteiger partial charge in [0.2, 0.25) is 11.8 Å².